The largest absolute Gasteiger partial charge is 0.508 e. The summed E-state index contributed by atoms with van der Waals surface area (Å²) in [5.74, 6) is -0.0638. The lowest BCUT2D eigenvalue weighted by Crippen LogP contribution is -2.35. The van der Waals surface area contributed by atoms with Gasteiger partial charge >= 0.3 is 0 Å². The van der Waals surface area contributed by atoms with Gasteiger partial charge in [-0.15, -0.1) is 0 Å². The Morgan fingerprint density at radius 3 is 2.43 bits per heavy atom. The van der Waals surface area contributed by atoms with Gasteiger partial charge in [0.05, 0.1) is 6.04 Å². The highest BCUT2D eigenvalue weighted by molar-refractivity contribution is 5.83. The Morgan fingerprint density at radius 1 is 1.14 bits per heavy atom. The second-order valence-corrected chi connectivity index (χ2v) is 5.21. The summed E-state index contributed by atoms with van der Waals surface area (Å²) in [6.07, 6.45) is 0. The van der Waals surface area contributed by atoms with Crippen molar-refractivity contribution in [2.75, 3.05) is 0 Å². The van der Waals surface area contributed by atoms with Gasteiger partial charge in [0, 0.05) is 0 Å². The average molecular weight is 284 g/mol. The molecule has 0 saturated heterocycles. The van der Waals surface area contributed by atoms with Crippen molar-refractivity contribution < 1.29 is 9.90 Å². The van der Waals surface area contributed by atoms with Crippen molar-refractivity contribution in [3.8, 4) is 5.75 Å². The molecule has 2 rings (SSSR count). The molecule has 1 amide bonds. The molecule has 2 unspecified atom stereocenters. The highest BCUT2D eigenvalue weighted by Gasteiger charge is 2.18. The number of rotatable bonds is 4. The molecule has 0 spiro atoms. The van der Waals surface area contributed by atoms with Crippen molar-refractivity contribution in [3.05, 3.63) is 65.2 Å². The lowest BCUT2D eigenvalue weighted by molar-refractivity contribution is -0.123. The highest BCUT2D eigenvalue weighted by Crippen LogP contribution is 2.19. The van der Waals surface area contributed by atoms with Gasteiger partial charge in [-0.1, -0.05) is 42.0 Å². The van der Waals surface area contributed by atoms with Crippen molar-refractivity contribution in [1.29, 1.82) is 0 Å². The summed E-state index contributed by atoms with van der Waals surface area (Å²) in [6, 6.07) is 13.5. The number of amides is 1. The summed E-state index contributed by atoms with van der Waals surface area (Å²) >= 11 is 0. The zero-order chi connectivity index (χ0) is 15.4. The van der Waals surface area contributed by atoms with Gasteiger partial charge < -0.3 is 16.2 Å². The van der Waals surface area contributed by atoms with Crippen LogP contribution in [0, 0.1) is 6.92 Å². The van der Waals surface area contributed by atoms with Gasteiger partial charge in [-0.25, -0.2) is 0 Å². The molecular weight excluding hydrogens is 264 g/mol. The number of nitrogens with one attached hydrogen (secondary N) is 1. The molecular formula is C17H20N2O2. The number of hydrogen-bond acceptors (Lipinski definition) is 3. The molecule has 0 heterocycles. The Morgan fingerprint density at radius 2 is 1.81 bits per heavy atom. The summed E-state index contributed by atoms with van der Waals surface area (Å²) in [4.78, 5) is 12.2. The van der Waals surface area contributed by atoms with Crippen LogP contribution in [-0.2, 0) is 4.79 Å². The SMILES string of the molecule is Cc1ccc(C(N)C(=O)NC(C)c2cccc(O)c2)cc1. The number of aryl methyl sites for hydroxylation is 1. The van der Waals surface area contributed by atoms with Crippen LogP contribution in [0.25, 0.3) is 0 Å². The summed E-state index contributed by atoms with van der Waals surface area (Å²) in [6.45, 7) is 3.84. The zero-order valence-corrected chi connectivity index (χ0v) is 12.2. The van der Waals surface area contributed by atoms with E-state index < -0.39 is 6.04 Å². The van der Waals surface area contributed by atoms with Gasteiger partial charge in [0.15, 0.2) is 0 Å². The number of hydrogen-bond donors (Lipinski definition) is 3. The molecule has 0 saturated carbocycles. The first-order valence-corrected chi connectivity index (χ1v) is 6.89. The van der Waals surface area contributed by atoms with Crippen molar-refractivity contribution in [2.24, 2.45) is 5.73 Å². The molecule has 4 N–H and O–H groups in total. The van der Waals surface area contributed by atoms with Crippen LogP contribution in [0.1, 0.15) is 35.7 Å². The van der Waals surface area contributed by atoms with Crippen LogP contribution < -0.4 is 11.1 Å². The van der Waals surface area contributed by atoms with Crippen molar-refractivity contribution in [3.63, 3.8) is 0 Å². The number of nitrogens with two attached hydrogens (primary N) is 1. The molecule has 4 heteroatoms. The van der Waals surface area contributed by atoms with Gasteiger partial charge in [0.25, 0.3) is 0 Å². The van der Waals surface area contributed by atoms with Crippen LogP contribution in [0.5, 0.6) is 5.75 Å². The van der Waals surface area contributed by atoms with Crippen LogP contribution >= 0.6 is 0 Å². The molecule has 2 atom stereocenters. The molecule has 0 aliphatic rings. The molecule has 0 bridgehead atoms. The van der Waals surface area contributed by atoms with Gasteiger partial charge in [-0.3, -0.25) is 4.79 Å². The molecule has 2 aromatic rings. The molecule has 0 radical (unpaired) electrons. The molecule has 2 aromatic carbocycles. The smallest absolute Gasteiger partial charge is 0.241 e. The van der Waals surface area contributed by atoms with E-state index in [-0.39, 0.29) is 17.7 Å². The van der Waals surface area contributed by atoms with E-state index in [1.165, 1.54) is 0 Å². The number of carbonyl (C=O) groups excluding carboxylic acids is 1. The van der Waals surface area contributed by atoms with E-state index in [0.29, 0.717) is 0 Å². The third-order valence-corrected chi connectivity index (χ3v) is 3.45. The first-order chi connectivity index (χ1) is 9.97. The molecule has 110 valence electrons. The normalized spacial score (nSPS) is 13.5. The number of phenols is 1. The van der Waals surface area contributed by atoms with Gasteiger partial charge in [-0.2, -0.15) is 0 Å². The average Bonchev–Trinajstić information content (AvgIpc) is 2.47. The number of phenolic OH excluding ortho intramolecular Hbond substituents is 1. The van der Waals surface area contributed by atoms with Gasteiger partial charge in [0.2, 0.25) is 5.91 Å². The predicted octanol–water partition coefficient (Wildman–Crippen LogP) is 2.58. The molecule has 4 nitrogen and oxygen atoms in total. The van der Waals surface area contributed by atoms with Crippen LogP contribution in [-0.4, -0.2) is 11.0 Å². The van der Waals surface area contributed by atoms with E-state index in [4.69, 9.17) is 5.73 Å². The number of aromatic hydroxyl groups is 1. The Bertz CT molecular complexity index is 623. The lowest BCUT2D eigenvalue weighted by Gasteiger charge is -2.18. The molecule has 0 aliphatic heterocycles. The third-order valence-electron chi connectivity index (χ3n) is 3.45. The van der Waals surface area contributed by atoms with Crippen LogP contribution in [0.4, 0.5) is 0 Å². The number of carbonyl (C=O) groups is 1. The first-order valence-electron chi connectivity index (χ1n) is 6.89. The maximum atomic E-state index is 12.2. The Balaban J connectivity index is 2.05. The predicted molar refractivity (Wildman–Crippen MR) is 82.8 cm³/mol. The zero-order valence-electron chi connectivity index (χ0n) is 12.2. The van der Waals surface area contributed by atoms with Crippen molar-refractivity contribution in [1.82, 2.24) is 5.32 Å². The second-order valence-electron chi connectivity index (χ2n) is 5.21. The second kappa shape index (κ2) is 6.41. The van der Waals surface area contributed by atoms with Crippen LogP contribution in [0.3, 0.4) is 0 Å². The van der Waals surface area contributed by atoms with Gasteiger partial charge in [0.1, 0.15) is 11.8 Å². The monoisotopic (exact) mass is 284 g/mol. The summed E-state index contributed by atoms with van der Waals surface area (Å²) in [7, 11) is 0. The van der Waals surface area contributed by atoms with E-state index in [2.05, 4.69) is 5.32 Å². The fourth-order valence-corrected chi connectivity index (χ4v) is 2.11. The molecule has 21 heavy (non-hydrogen) atoms. The lowest BCUT2D eigenvalue weighted by atomic mass is 10.0. The van der Waals surface area contributed by atoms with Crippen molar-refractivity contribution in [2.45, 2.75) is 25.9 Å². The Kier molecular flexibility index (Phi) is 4.60. The minimum Gasteiger partial charge on any atom is -0.508 e. The Labute approximate surface area is 124 Å². The summed E-state index contributed by atoms with van der Waals surface area (Å²) < 4.78 is 0. The van der Waals surface area contributed by atoms with E-state index >= 15 is 0 Å². The van der Waals surface area contributed by atoms with Gasteiger partial charge in [-0.05, 0) is 37.1 Å². The Hall–Kier alpha value is -2.33. The van der Waals surface area contributed by atoms with Crippen LogP contribution in [0.2, 0.25) is 0 Å². The fraction of sp³-hybridized carbons (Fsp3) is 0.235. The first kappa shape index (κ1) is 15.1. The molecule has 0 aromatic heterocycles. The minimum absolute atomic E-state index is 0.177. The van der Waals surface area contributed by atoms with Crippen LogP contribution in [0.15, 0.2) is 48.5 Å². The molecule has 0 fully saturated rings. The fourth-order valence-electron chi connectivity index (χ4n) is 2.11. The van der Waals surface area contributed by atoms with E-state index in [9.17, 15) is 9.90 Å². The third kappa shape index (κ3) is 3.83. The van der Waals surface area contributed by atoms with E-state index in [1.807, 2.05) is 44.2 Å². The standard InChI is InChI=1S/C17H20N2O2/c1-11-6-8-13(9-7-11)16(18)17(21)19-12(2)14-4-3-5-15(20)10-14/h3-10,12,16,20H,18H2,1-2H3,(H,19,21). The summed E-state index contributed by atoms with van der Waals surface area (Å²) in [5.41, 5.74) is 8.72. The quantitative estimate of drug-likeness (QED) is 0.807. The topological polar surface area (TPSA) is 75.4 Å². The number of benzene rings is 2. The maximum Gasteiger partial charge on any atom is 0.241 e. The summed E-state index contributed by atoms with van der Waals surface area (Å²) in [5, 5.41) is 12.3. The maximum absolute atomic E-state index is 12.2. The van der Waals surface area contributed by atoms with E-state index in [1.54, 1.807) is 18.2 Å². The van der Waals surface area contributed by atoms with Crippen molar-refractivity contribution >= 4 is 5.91 Å². The van der Waals surface area contributed by atoms with E-state index in [0.717, 1.165) is 16.7 Å². The molecule has 0 aliphatic carbocycles. The minimum atomic E-state index is -0.703. The highest BCUT2D eigenvalue weighted by atomic mass is 16.3.